The largest absolute Gasteiger partial charge is 0.493 e. The Bertz CT molecular complexity index is 717. The van der Waals surface area contributed by atoms with Crippen molar-refractivity contribution in [2.75, 3.05) is 41.0 Å². The van der Waals surface area contributed by atoms with E-state index in [1.807, 2.05) is 6.07 Å². The molecule has 0 amide bonds. The van der Waals surface area contributed by atoms with E-state index in [2.05, 4.69) is 59.7 Å². The predicted molar refractivity (Wildman–Crippen MR) is 112 cm³/mol. The van der Waals surface area contributed by atoms with E-state index in [0.717, 1.165) is 50.6 Å². The van der Waals surface area contributed by atoms with Gasteiger partial charge in [0.25, 0.3) is 0 Å². The van der Waals surface area contributed by atoms with Gasteiger partial charge in [0.05, 0.1) is 27.4 Å². The van der Waals surface area contributed by atoms with Crippen LogP contribution in [0.15, 0.2) is 48.5 Å². The number of likely N-dealkylation sites (N-methyl/N-ethyl adjacent to an activating group) is 1. The third-order valence-corrected chi connectivity index (χ3v) is 5.43. The molecule has 5 nitrogen and oxygen atoms in total. The number of nitrogens with one attached hydrogen (secondary N) is 1. The number of morpholine rings is 1. The van der Waals surface area contributed by atoms with Crippen LogP contribution in [0.2, 0.25) is 0 Å². The first-order chi connectivity index (χ1) is 13.7. The molecule has 0 aromatic heterocycles. The number of nitrogens with zero attached hydrogens (tertiary/aromatic N) is 1. The van der Waals surface area contributed by atoms with Gasteiger partial charge in [0, 0.05) is 25.2 Å². The number of hydrogen-bond acceptors (Lipinski definition) is 5. The first-order valence-corrected chi connectivity index (χ1v) is 9.97. The normalized spacial score (nSPS) is 18.1. The minimum atomic E-state index is 0.336. The molecule has 5 heteroatoms. The van der Waals surface area contributed by atoms with Gasteiger partial charge < -0.3 is 19.5 Å². The zero-order valence-corrected chi connectivity index (χ0v) is 17.2. The lowest BCUT2D eigenvalue weighted by molar-refractivity contribution is 0.0371. The highest BCUT2D eigenvalue weighted by atomic mass is 16.5. The number of methoxy groups -OCH3 is 2. The quantitative estimate of drug-likeness (QED) is 0.720. The minimum Gasteiger partial charge on any atom is -0.493 e. The predicted octanol–water partition coefficient (Wildman–Crippen LogP) is 3.13. The number of aryl methyl sites for hydroxylation is 1. The summed E-state index contributed by atoms with van der Waals surface area (Å²) in [7, 11) is 5.56. The van der Waals surface area contributed by atoms with E-state index >= 15 is 0 Å². The van der Waals surface area contributed by atoms with Crippen molar-refractivity contribution in [2.45, 2.75) is 31.5 Å². The maximum absolute atomic E-state index is 5.76. The van der Waals surface area contributed by atoms with Gasteiger partial charge in [-0.2, -0.15) is 0 Å². The molecule has 0 saturated carbocycles. The van der Waals surface area contributed by atoms with Crippen LogP contribution >= 0.6 is 0 Å². The summed E-state index contributed by atoms with van der Waals surface area (Å²) < 4.78 is 16.6. The molecule has 2 aromatic rings. The summed E-state index contributed by atoms with van der Waals surface area (Å²) in [4.78, 5) is 2.45. The van der Waals surface area contributed by atoms with Crippen molar-refractivity contribution >= 4 is 0 Å². The Morgan fingerprint density at radius 2 is 1.86 bits per heavy atom. The Kier molecular flexibility index (Phi) is 7.71. The van der Waals surface area contributed by atoms with Crippen LogP contribution in [0.5, 0.6) is 11.5 Å². The number of benzene rings is 2. The molecule has 28 heavy (non-hydrogen) atoms. The third kappa shape index (κ3) is 5.47. The number of rotatable bonds is 9. The van der Waals surface area contributed by atoms with Gasteiger partial charge in [0.1, 0.15) is 0 Å². The van der Waals surface area contributed by atoms with Crippen molar-refractivity contribution in [1.29, 1.82) is 0 Å². The monoisotopic (exact) mass is 384 g/mol. The fraction of sp³-hybridized carbons (Fsp3) is 0.478. The van der Waals surface area contributed by atoms with Crippen molar-refractivity contribution in [1.82, 2.24) is 10.2 Å². The molecule has 0 radical (unpaired) electrons. The summed E-state index contributed by atoms with van der Waals surface area (Å²) in [5, 5.41) is 3.65. The molecule has 0 aliphatic carbocycles. The van der Waals surface area contributed by atoms with E-state index in [4.69, 9.17) is 14.2 Å². The molecule has 3 rings (SSSR count). The Labute approximate surface area is 168 Å². The van der Waals surface area contributed by atoms with Gasteiger partial charge in [0.15, 0.2) is 11.5 Å². The maximum atomic E-state index is 5.76. The Balaban J connectivity index is 1.70. The van der Waals surface area contributed by atoms with Crippen molar-refractivity contribution in [3.8, 4) is 11.5 Å². The molecular weight excluding hydrogens is 352 g/mol. The van der Waals surface area contributed by atoms with E-state index in [-0.39, 0.29) is 0 Å². The molecule has 0 spiro atoms. The Hall–Kier alpha value is -2.08. The van der Waals surface area contributed by atoms with E-state index in [1.54, 1.807) is 14.2 Å². The highest BCUT2D eigenvalue weighted by Crippen LogP contribution is 2.28. The molecule has 152 valence electrons. The molecule has 1 aliphatic heterocycles. The average molecular weight is 385 g/mol. The second-order valence-electron chi connectivity index (χ2n) is 7.33. The lowest BCUT2D eigenvalue weighted by atomic mass is 9.97. The molecule has 1 heterocycles. The van der Waals surface area contributed by atoms with Crippen LogP contribution in [-0.2, 0) is 17.7 Å². The summed E-state index contributed by atoms with van der Waals surface area (Å²) in [5.41, 5.74) is 2.59. The molecule has 1 aliphatic rings. The second-order valence-corrected chi connectivity index (χ2v) is 7.33. The van der Waals surface area contributed by atoms with Crippen LogP contribution in [-0.4, -0.2) is 58.0 Å². The van der Waals surface area contributed by atoms with E-state index in [0.29, 0.717) is 12.1 Å². The highest BCUT2D eigenvalue weighted by molar-refractivity contribution is 5.42. The molecule has 1 N–H and O–H groups in total. The van der Waals surface area contributed by atoms with Crippen LogP contribution in [0.25, 0.3) is 0 Å². The maximum Gasteiger partial charge on any atom is 0.160 e. The molecule has 1 saturated heterocycles. The van der Waals surface area contributed by atoms with Crippen LogP contribution in [0.1, 0.15) is 17.5 Å². The van der Waals surface area contributed by atoms with E-state index in [9.17, 15) is 0 Å². The first kappa shape index (κ1) is 20.6. The van der Waals surface area contributed by atoms with Crippen molar-refractivity contribution in [3.05, 3.63) is 59.7 Å². The van der Waals surface area contributed by atoms with Gasteiger partial charge in [-0.25, -0.2) is 0 Å². The second kappa shape index (κ2) is 10.5. The molecule has 2 atom stereocenters. The summed E-state index contributed by atoms with van der Waals surface area (Å²) in [6.07, 6.45) is 2.02. The summed E-state index contributed by atoms with van der Waals surface area (Å²) in [5.74, 6) is 1.56. The lowest BCUT2D eigenvalue weighted by Crippen LogP contribution is -2.54. The van der Waals surface area contributed by atoms with Gasteiger partial charge >= 0.3 is 0 Å². The fourth-order valence-electron chi connectivity index (χ4n) is 3.90. The van der Waals surface area contributed by atoms with Crippen molar-refractivity contribution in [2.24, 2.45) is 0 Å². The zero-order chi connectivity index (χ0) is 19.8. The summed E-state index contributed by atoms with van der Waals surface area (Å²) >= 11 is 0. The van der Waals surface area contributed by atoms with E-state index in [1.165, 1.54) is 11.1 Å². The van der Waals surface area contributed by atoms with Crippen LogP contribution in [0.4, 0.5) is 0 Å². The van der Waals surface area contributed by atoms with Crippen LogP contribution in [0.3, 0.4) is 0 Å². The zero-order valence-electron chi connectivity index (χ0n) is 17.2. The molecular formula is C23H32N2O3. The van der Waals surface area contributed by atoms with Crippen LogP contribution in [0, 0.1) is 0 Å². The number of ether oxygens (including phenoxy) is 3. The molecule has 1 fully saturated rings. The first-order valence-electron chi connectivity index (χ1n) is 9.97. The van der Waals surface area contributed by atoms with Gasteiger partial charge in [-0.3, -0.25) is 4.90 Å². The summed E-state index contributed by atoms with van der Waals surface area (Å²) in [6.45, 7) is 3.39. The third-order valence-electron chi connectivity index (χ3n) is 5.43. The molecule has 0 bridgehead atoms. The minimum absolute atomic E-state index is 0.336. The average Bonchev–Trinajstić information content (AvgIpc) is 2.75. The van der Waals surface area contributed by atoms with Gasteiger partial charge in [-0.1, -0.05) is 36.4 Å². The van der Waals surface area contributed by atoms with Gasteiger partial charge in [-0.05, 0) is 43.1 Å². The number of hydrogen-bond donors (Lipinski definition) is 1. The smallest absolute Gasteiger partial charge is 0.160 e. The molecule has 2 unspecified atom stereocenters. The van der Waals surface area contributed by atoms with Crippen molar-refractivity contribution < 1.29 is 14.2 Å². The van der Waals surface area contributed by atoms with E-state index < -0.39 is 0 Å². The Morgan fingerprint density at radius 3 is 2.54 bits per heavy atom. The summed E-state index contributed by atoms with van der Waals surface area (Å²) in [6, 6.07) is 17.6. The highest BCUT2D eigenvalue weighted by Gasteiger charge is 2.27. The SMILES string of the molecule is COc1ccc(CCC(C2COCCN2)N(C)Cc2ccccc2)cc1OC. The standard InChI is InChI=1S/C23H32N2O3/c1-25(16-19-7-5-4-6-8-19)21(20-17-28-14-13-24-20)11-9-18-10-12-22(26-2)23(15-18)27-3/h4-8,10,12,15,20-21,24H,9,11,13-14,16-17H2,1-3H3. The topological polar surface area (TPSA) is 43.0 Å². The Morgan fingerprint density at radius 1 is 1.07 bits per heavy atom. The van der Waals surface area contributed by atoms with Crippen molar-refractivity contribution in [3.63, 3.8) is 0 Å². The van der Waals surface area contributed by atoms with Crippen LogP contribution < -0.4 is 14.8 Å². The van der Waals surface area contributed by atoms with Gasteiger partial charge in [0.2, 0.25) is 0 Å². The van der Waals surface area contributed by atoms with Gasteiger partial charge in [-0.15, -0.1) is 0 Å². The lowest BCUT2D eigenvalue weighted by Gasteiger charge is -2.37. The fourth-order valence-corrected chi connectivity index (χ4v) is 3.90. The molecule has 2 aromatic carbocycles.